The maximum atomic E-state index is 12.8. The summed E-state index contributed by atoms with van der Waals surface area (Å²) >= 11 is 5.75. The van der Waals surface area contributed by atoms with Crippen molar-refractivity contribution in [2.24, 2.45) is 0 Å². The minimum Gasteiger partial charge on any atom is -0.482 e. The van der Waals surface area contributed by atoms with E-state index in [-0.39, 0.29) is 17.5 Å². The molecule has 2 N–H and O–H groups in total. The second kappa shape index (κ2) is 7.89. The number of rotatable bonds is 7. The quantitative estimate of drug-likeness (QED) is 0.743. The molecule has 0 saturated heterocycles. The average molecular weight is 275 g/mol. The fraction of sp³-hybridized carbons (Fsp3) is 0.417. The Labute approximate surface area is 110 Å². The van der Waals surface area contributed by atoms with E-state index in [1.807, 2.05) is 7.05 Å². The second-order valence-corrected chi connectivity index (χ2v) is 4.08. The predicted octanol–water partition coefficient (Wildman–Crippen LogP) is 1.58. The molecule has 0 unspecified atom stereocenters. The van der Waals surface area contributed by atoms with E-state index in [0.717, 1.165) is 19.0 Å². The Bertz CT molecular complexity index is 402. The SMILES string of the molecule is CNCCCNC(=O)COc1ccc(F)cc1Cl. The van der Waals surface area contributed by atoms with E-state index < -0.39 is 5.82 Å². The number of benzene rings is 1. The van der Waals surface area contributed by atoms with Crippen LogP contribution in [0.2, 0.25) is 5.02 Å². The van der Waals surface area contributed by atoms with Crippen molar-refractivity contribution in [2.75, 3.05) is 26.7 Å². The van der Waals surface area contributed by atoms with Crippen molar-refractivity contribution in [3.8, 4) is 5.75 Å². The Morgan fingerprint density at radius 1 is 1.44 bits per heavy atom. The largest absolute Gasteiger partial charge is 0.482 e. The molecule has 0 radical (unpaired) electrons. The van der Waals surface area contributed by atoms with Gasteiger partial charge in [0.1, 0.15) is 11.6 Å². The molecule has 0 aliphatic carbocycles. The van der Waals surface area contributed by atoms with Crippen LogP contribution >= 0.6 is 11.6 Å². The second-order valence-electron chi connectivity index (χ2n) is 3.67. The van der Waals surface area contributed by atoms with Crippen molar-refractivity contribution >= 4 is 17.5 Å². The summed E-state index contributed by atoms with van der Waals surface area (Å²) in [6, 6.07) is 3.76. The van der Waals surface area contributed by atoms with Gasteiger partial charge in [-0.3, -0.25) is 4.79 Å². The maximum Gasteiger partial charge on any atom is 0.257 e. The molecular weight excluding hydrogens is 259 g/mol. The van der Waals surface area contributed by atoms with E-state index >= 15 is 0 Å². The number of hydrogen-bond acceptors (Lipinski definition) is 3. The third-order valence-electron chi connectivity index (χ3n) is 2.18. The van der Waals surface area contributed by atoms with Gasteiger partial charge in [-0.2, -0.15) is 0 Å². The van der Waals surface area contributed by atoms with Crippen LogP contribution in [0, 0.1) is 5.82 Å². The summed E-state index contributed by atoms with van der Waals surface area (Å²) in [6.07, 6.45) is 0.847. The highest BCUT2D eigenvalue weighted by Gasteiger charge is 2.06. The van der Waals surface area contributed by atoms with Crippen LogP contribution in [0.4, 0.5) is 4.39 Å². The van der Waals surface area contributed by atoms with Crippen LogP contribution in [-0.4, -0.2) is 32.7 Å². The topological polar surface area (TPSA) is 50.4 Å². The van der Waals surface area contributed by atoms with Crippen LogP contribution < -0.4 is 15.4 Å². The number of carbonyl (C=O) groups excluding carboxylic acids is 1. The fourth-order valence-corrected chi connectivity index (χ4v) is 1.50. The van der Waals surface area contributed by atoms with E-state index in [4.69, 9.17) is 16.3 Å². The number of carbonyl (C=O) groups is 1. The Morgan fingerprint density at radius 2 is 2.22 bits per heavy atom. The molecule has 100 valence electrons. The van der Waals surface area contributed by atoms with Crippen molar-refractivity contribution in [2.45, 2.75) is 6.42 Å². The molecule has 0 bridgehead atoms. The molecule has 0 spiro atoms. The minimum atomic E-state index is -0.441. The molecule has 1 amide bonds. The first kappa shape index (κ1) is 14.7. The van der Waals surface area contributed by atoms with E-state index in [2.05, 4.69) is 10.6 Å². The predicted molar refractivity (Wildman–Crippen MR) is 68.5 cm³/mol. The minimum absolute atomic E-state index is 0.134. The van der Waals surface area contributed by atoms with Gasteiger partial charge >= 0.3 is 0 Å². The smallest absolute Gasteiger partial charge is 0.257 e. The van der Waals surface area contributed by atoms with Gasteiger partial charge in [-0.1, -0.05) is 11.6 Å². The molecule has 4 nitrogen and oxygen atoms in total. The van der Waals surface area contributed by atoms with Crippen LogP contribution in [0.25, 0.3) is 0 Å². The van der Waals surface area contributed by atoms with E-state index in [1.54, 1.807) is 0 Å². The van der Waals surface area contributed by atoms with Crippen molar-refractivity contribution in [1.29, 1.82) is 0 Å². The van der Waals surface area contributed by atoms with Gasteiger partial charge in [-0.05, 0) is 38.2 Å². The zero-order valence-electron chi connectivity index (χ0n) is 10.1. The molecule has 18 heavy (non-hydrogen) atoms. The monoisotopic (exact) mass is 274 g/mol. The lowest BCUT2D eigenvalue weighted by molar-refractivity contribution is -0.123. The third kappa shape index (κ3) is 5.33. The van der Waals surface area contributed by atoms with Gasteiger partial charge in [0.25, 0.3) is 5.91 Å². The summed E-state index contributed by atoms with van der Waals surface area (Å²) in [6.45, 7) is 1.29. The molecule has 1 aromatic rings. The summed E-state index contributed by atoms with van der Waals surface area (Å²) in [5.41, 5.74) is 0. The van der Waals surface area contributed by atoms with Crippen molar-refractivity contribution < 1.29 is 13.9 Å². The van der Waals surface area contributed by atoms with Gasteiger partial charge in [0, 0.05) is 6.54 Å². The molecule has 1 aromatic carbocycles. The molecular formula is C12H16ClFN2O2. The van der Waals surface area contributed by atoms with Crippen molar-refractivity contribution in [1.82, 2.24) is 10.6 Å². The van der Waals surface area contributed by atoms with Gasteiger partial charge in [-0.15, -0.1) is 0 Å². The van der Waals surface area contributed by atoms with Gasteiger partial charge < -0.3 is 15.4 Å². The van der Waals surface area contributed by atoms with Crippen LogP contribution in [0.5, 0.6) is 5.75 Å². The Balaban J connectivity index is 2.29. The first-order chi connectivity index (χ1) is 8.63. The van der Waals surface area contributed by atoms with Crippen LogP contribution in [0.15, 0.2) is 18.2 Å². The summed E-state index contributed by atoms with van der Waals surface area (Å²) in [5, 5.41) is 5.82. The molecule has 0 heterocycles. The lowest BCUT2D eigenvalue weighted by Crippen LogP contribution is -2.31. The normalized spacial score (nSPS) is 10.2. The van der Waals surface area contributed by atoms with Gasteiger partial charge in [0.05, 0.1) is 5.02 Å². The number of halogens is 2. The standard InChI is InChI=1S/C12H16ClFN2O2/c1-15-5-2-6-16-12(17)8-18-11-4-3-9(14)7-10(11)13/h3-4,7,15H,2,5-6,8H2,1H3,(H,16,17). The molecule has 1 rings (SSSR count). The van der Waals surface area contributed by atoms with E-state index in [1.165, 1.54) is 12.1 Å². The van der Waals surface area contributed by atoms with Crippen LogP contribution in [-0.2, 0) is 4.79 Å². The van der Waals surface area contributed by atoms with E-state index in [9.17, 15) is 9.18 Å². The zero-order valence-corrected chi connectivity index (χ0v) is 10.9. The van der Waals surface area contributed by atoms with Gasteiger partial charge in [0.15, 0.2) is 6.61 Å². The Hall–Kier alpha value is -1.33. The highest BCUT2D eigenvalue weighted by atomic mass is 35.5. The molecule has 0 saturated carbocycles. The Morgan fingerprint density at radius 3 is 2.89 bits per heavy atom. The van der Waals surface area contributed by atoms with Crippen molar-refractivity contribution in [3.63, 3.8) is 0 Å². The first-order valence-electron chi connectivity index (χ1n) is 5.62. The number of ether oxygens (including phenoxy) is 1. The lowest BCUT2D eigenvalue weighted by Gasteiger charge is -2.08. The highest BCUT2D eigenvalue weighted by Crippen LogP contribution is 2.24. The molecule has 0 atom stereocenters. The Kier molecular flexibility index (Phi) is 6.46. The van der Waals surface area contributed by atoms with Crippen LogP contribution in [0.3, 0.4) is 0 Å². The maximum absolute atomic E-state index is 12.8. The summed E-state index contributed by atoms with van der Waals surface area (Å²) < 4.78 is 17.9. The summed E-state index contributed by atoms with van der Waals surface area (Å²) in [7, 11) is 1.85. The number of nitrogens with one attached hydrogen (secondary N) is 2. The molecule has 0 aliphatic heterocycles. The van der Waals surface area contributed by atoms with E-state index in [0.29, 0.717) is 12.3 Å². The van der Waals surface area contributed by atoms with Gasteiger partial charge in [-0.25, -0.2) is 4.39 Å². The number of amides is 1. The fourth-order valence-electron chi connectivity index (χ4n) is 1.28. The third-order valence-corrected chi connectivity index (χ3v) is 2.47. The first-order valence-corrected chi connectivity index (χ1v) is 6.00. The molecule has 0 aliphatic rings. The van der Waals surface area contributed by atoms with Crippen LogP contribution in [0.1, 0.15) is 6.42 Å². The van der Waals surface area contributed by atoms with Gasteiger partial charge in [0.2, 0.25) is 0 Å². The highest BCUT2D eigenvalue weighted by molar-refractivity contribution is 6.32. The summed E-state index contributed by atoms with van der Waals surface area (Å²) in [4.78, 5) is 11.4. The number of hydrogen-bond donors (Lipinski definition) is 2. The molecule has 0 aromatic heterocycles. The molecule has 6 heteroatoms. The average Bonchev–Trinajstić information content (AvgIpc) is 2.33. The summed E-state index contributed by atoms with van der Waals surface area (Å²) in [5.74, 6) is -0.376. The lowest BCUT2D eigenvalue weighted by atomic mass is 10.3. The van der Waals surface area contributed by atoms with Crippen molar-refractivity contribution in [3.05, 3.63) is 29.0 Å². The zero-order chi connectivity index (χ0) is 13.4. The molecule has 0 fully saturated rings.